The zero-order chi connectivity index (χ0) is 11.1. The lowest BCUT2D eigenvalue weighted by Crippen LogP contribution is -2.39. The van der Waals surface area contributed by atoms with Crippen molar-refractivity contribution >= 4 is 11.3 Å². The van der Waals surface area contributed by atoms with E-state index in [9.17, 15) is 0 Å². The smallest absolute Gasteiger partial charge is 0.0794 e. The molecule has 0 atom stereocenters. The van der Waals surface area contributed by atoms with E-state index in [0.717, 1.165) is 32.5 Å². The minimum absolute atomic E-state index is 0.269. The summed E-state index contributed by atoms with van der Waals surface area (Å²) in [5.41, 5.74) is 7.97. The van der Waals surface area contributed by atoms with Crippen molar-refractivity contribution in [3.8, 4) is 0 Å². The van der Waals surface area contributed by atoms with Crippen molar-refractivity contribution in [1.29, 1.82) is 0 Å². The molecule has 86 valence electrons. The number of nitrogens with zero attached hydrogens (tertiary/aromatic N) is 1. The standard InChI is InChI=1S/C11H21N3S/c1-3-11(4-2,7-12)8-13-5-10-6-14-9-15-10/h6,9,13H,3-5,7-8,12H2,1-2H3. The highest BCUT2D eigenvalue weighted by molar-refractivity contribution is 7.09. The van der Waals surface area contributed by atoms with Gasteiger partial charge >= 0.3 is 0 Å². The van der Waals surface area contributed by atoms with E-state index in [-0.39, 0.29) is 5.41 Å². The van der Waals surface area contributed by atoms with Gasteiger partial charge in [-0.2, -0.15) is 0 Å². The molecule has 0 aromatic carbocycles. The first-order valence-electron chi connectivity index (χ1n) is 5.54. The van der Waals surface area contributed by atoms with Gasteiger partial charge in [0, 0.05) is 24.2 Å². The average Bonchev–Trinajstić information content (AvgIpc) is 2.78. The molecule has 0 unspecified atom stereocenters. The average molecular weight is 227 g/mol. The van der Waals surface area contributed by atoms with Gasteiger partial charge in [0.15, 0.2) is 0 Å². The van der Waals surface area contributed by atoms with Crippen LogP contribution in [0, 0.1) is 5.41 Å². The topological polar surface area (TPSA) is 50.9 Å². The Bertz CT molecular complexity index is 247. The number of hydrogen-bond donors (Lipinski definition) is 2. The summed E-state index contributed by atoms with van der Waals surface area (Å²) in [6.45, 7) is 7.09. The van der Waals surface area contributed by atoms with E-state index in [1.54, 1.807) is 11.3 Å². The van der Waals surface area contributed by atoms with Gasteiger partial charge in [-0.25, -0.2) is 0 Å². The molecule has 15 heavy (non-hydrogen) atoms. The number of thiazole rings is 1. The molecule has 0 saturated carbocycles. The van der Waals surface area contributed by atoms with Crippen molar-refractivity contribution in [3.63, 3.8) is 0 Å². The molecule has 3 nitrogen and oxygen atoms in total. The summed E-state index contributed by atoms with van der Waals surface area (Å²) in [6, 6.07) is 0. The second-order valence-electron chi connectivity index (χ2n) is 3.98. The van der Waals surface area contributed by atoms with E-state index in [1.165, 1.54) is 4.88 Å². The molecule has 1 rings (SSSR count). The van der Waals surface area contributed by atoms with E-state index in [2.05, 4.69) is 24.1 Å². The van der Waals surface area contributed by atoms with Gasteiger partial charge < -0.3 is 11.1 Å². The highest BCUT2D eigenvalue weighted by Crippen LogP contribution is 2.23. The van der Waals surface area contributed by atoms with Crippen molar-refractivity contribution in [2.24, 2.45) is 11.1 Å². The molecule has 4 heteroatoms. The predicted molar refractivity (Wildman–Crippen MR) is 65.9 cm³/mol. The van der Waals surface area contributed by atoms with Crippen LogP contribution in [0.3, 0.4) is 0 Å². The molecular weight excluding hydrogens is 206 g/mol. The first kappa shape index (κ1) is 12.6. The fraction of sp³-hybridized carbons (Fsp3) is 0.727. The highest BCUT2D eigenvalue weighted by atomic mass is 32.1. The summed E-state index contributed by atoms with van der Waals surface area (Å²) in [4.78, 5) is 5.34. The molecule has 0 spiro atoms. The van der Waals surface area contributed by atoms with Gasteiger partial charge in [0.25, 0.3) is 0 Å². The Kier molecular flexibility index (Phi) is 5.22. The fourth-order valence-corrected chi connectivity index (χ4v) is 2.21. The van der Waals surface area contributed by atoms with Gasteiger partial charge in [-0.15, -0.1) is 11.3 Å². The third kappa shape index (κ3) is 3.55. The minimum Gasteiger partial charge on any atom is -0.330 e. The molecule has 1 aromatic rings. The molecule has 0 radical (unpaired) electrons. The lowest BCUT2D eigenvalue weighted by molar-refractivity contribution is 0.259. The Morgan fingerprint density at radius 3 is 2.67 bits per heavy atom. The van der Waals surface area contributed by atoms with E-state index < -0.39 is 0 Å². The maximum absolute atomic E-state index is 5.84. The number of rotatable bonds is 7. The van der Waals surface area contributed by atoms with E-state index >= 15 is 0 Å². The molecule has 0 aliphatic heterocycles. The van der Waals surface area contributed by atoms with Gasteiger partial charge in [-0.1, -0.05) is 13.8 Å². The Morgan fingerprint density at radius 1 is 1.47 bits per heavy atom. The van der Waals surface area contributed by atoms with Crippen LogP contribution >= 0.6 is 11.3 Å². The Labute approximate surface area is 96.1 Å². The van der Waals surface area contributed by atoms with Gasteiger partial charge in [-0.3, -0.25) is 4.98 Å². The Hall–Kier alpha value is -0.450. The Morgan fingerprint density at radius 2 is 2.20 bits per heavy atom. The van der Waals surface area contributed by atoms with Crippen LogP contribution in [0.5, 0.6) is 0 Å². The molecule has 0 fully saturated rings. The molecule has 3 N–H and O–H groups in total. The third-order valence-electron chi connectivity index (χ3n) is 3.22. The second-order valence-corrected chi connectivity index (χ2v) is 4.95. The van der Waals surface area contributed by atoms with Crippen LogP contribution in [0.2, 0.25) is 0 Å². The van der Waals surface area contributed by atoms with Gasteiger partial charge in [-0.05, 0) is 24.8 Å². The largest absolute Gasteiger partial charge is 0.330 e. The Balaban J connectivity index is 2.34. The molecule has 0 bridgehead atoms. The molecule has 1 aromatic heterocycles. The molecule has 0 aliphatic carbocycles. The van der Waals surface area contributed by atoms with Crippen molar-refractivity contribution in [2.75, 3.05) is 13.1 Å². The van der Waals surface area contributed by atoms with Gasteiger partial charge in [0.05, 0.1) is 5.51 Å². The zero-order valence-electron chi connectivity index (χ0n) is 9.62. The summed E-state index contributed by atoms with van der Waals surface area (Å²) in [7, 11) is 0. The van der Waals surface area contributed by atoms with Crippen LogP contribution in [0.15, 0.2) is 11.7 Å². The lowest BCUT2D eigenvalue weighted by Gasteiger charge is -2.30. The van der Waals surface area contributed by atoms with Crippen LogP contribution in [0.1, 0.15) is 31.6 Å². The maximum atomic E-state index is 5.84. The summed E-state index contributed by atoms with van der Waals surface area (Å²) in [5.74, 6) is 0. The van der Waals surface area contributed by atoms with Crippen LogP contribution in [-0.4, -0.2) is 18.1 Å². The van der Waals surface area contributed by atoms with Crippen LogP contribution in [-0.2, 0) is 6.54 Å². The normalized spacial score (nSPS) is 11.9. The van der Waals surface area contributed by atoms with Gasteiger partial charge in [0.1, 0.15) is 0 Å². The minimum atomic E-state index is 0.269. The predicted octanol–water partition coefficient (Wildman–Crippen LogP) is 2.00. The monoisotopic (exact) mass is 227 g/mol. The van der Waals surface area contributed by atoms with Crippen molar-refractivity contribution < 1.29 is 0 Å². The molecule has 1 heterocycles. The summed E-state index contributed by atoms with van der Waals surface area (Å²) in [6.07, 6.45) is 4.19. The van der Waals surface area contributed by atoms with Crippen molar-refractivity contribution in [2.45, 2.75) is 33.2 Å². The van der Waals surface area contributed by atoms with Crippen LogP contribution < -0.4 is 11.1 Å². The number of hydrogen-bond acceptors (Lipinski definition) is 4. The fourth-order valence-electron chi connectivity index (χ4n) is 1.64. The quantitative estimate of drug-likeness (QED) is 0.749. The number of aromatic nitrogens is 1. The van der Waals surface area contributed by atoms with E-state index in [1.807, 2.05) is 11.7 Å². The van der Waals surface area contributed by atoms with Crippen LogP contribution in [0.4, 0.5) is 0 Å². The van der Waals surface area contributed by atoms with E-state index in [0.29, 0.717) is 0 Å². The van der Waals surface area contributed by atoms with Gasteiger partial charge in [0.2, 0.25) is 0 Å². The molecular formula is C11H21N3S. The summed E-state index contributed by atoms with van der Waals surface area (Å²) < 4.78 is 0. The molecule has 0 amide bonds. The first-order valence-corrected chi connectivity index (χ1v) is 6.42. The first-order chi connectivity index (χ1) is 7.26. The molecule has 0 saturated heterocycles. The van der Waals surface area contributed by atoms with Crippen molar-refractivity contribution in [1.82, 2.24) is 10.3 Å². The number of nitrogens with one attached hydrogen (secondary N) is 1. The zero-order valence-corrected chi connectivity index (χ0v) is 10.4. The number of nitrogens with two attached hydrogens (primary N) is 1. The molecule has 0 aliphatic rings. The van der Waals surface area contributed by atoms with Crippen molar-refractivity contribution in [3.05, 3.63) is 16.6 Å². The SMILES string of the molecule is CCC(CC)(CN)CNCc1cncs1. The summed E-state index contributed by atoms with van der Waals surface area (Å²) in [5, 5.41) is 3.47. The van der Waals surface area contributed by atoms with Crippen LogP contribution in [0.25, 0.3) is 0 Å². The second kappa shape index (κ2) is 6.20. The maximum Gasteiger partial charge on any atom is 0.0794 e. The van der Waals surface area contributed by atoms with E-state index in [4.69, 9.17) is 5.73 Å². The lowest BCUT2D eigenvalue weighted by atomic mass is 9.82. The third-order valence-corrected chi connectivity index (χ3v) is 4.00. The highest BCUT2D eigenvalue weighted by Gasteiger charge is 2.23. The summed E-state index contributed by atoms with van der Waals surface area (Å²) >= 11 is 1.69.